The van der Waals surface area contributed by atoms with Crippen molar-refractivity contribution in [2.45, 2.75) is 116 Å². The number of unbranched alkanes of at least 4 members (excludes halogenated alkanes) is 14. The summed E-state index contributed by atoms with van der Waals surface area (Å²) in [6.07, 6.45) is 20.2. The normalized spacial score (nSPS) is 12.0. The second-order valence-electron chi connectivity index (χ2n) is 8.86. The standard InChI is InChI=1S/C25H41O.C5H5.Fe/c1-3-4-5-6-7-8-9-10-11-12-13-14-15-16-17-20-23-25(2,26)24-21-18-19-22-24;1-2-4-5-3-1;/h18-19,21-22,26H,3-17H2,1-2H3;1-5H;/q2*-1;+2. The van der Waals surface area contributed by atoms with Gasteiger partial charge in [0.2, 0.25) is 0 Å². The van der Waals surface area contributed by atoms with Gasteiger partial charge in [-0.2, -0.15) is 30.3 Å². The summed E-state index contributed by atoms with van der Waals surface area (Å²) in [6, 6.07) is 17.8. The molecule has 0 fully saturated rings. The maximum atomic E-state index is 10.3. The van der Waals surface area contributed by atoms with E-state index in [1.807, 2.05) is 54.6 Å². The van der Waals surface area contributed by atoms with Crippen molar-refractivity contribution >= 4 is 0 Å². The van der Waals surface area contributed by atoms with Gasteiger partial charge in [0, 0.05) is 6.42 Å². The third-order valence-corrected chi connectivity index (χ3v) is 5.77. The Morgan fingerprint density at radius 1 is 0.719 bits per heavy atom. The SMILES string of the molecule is CCCCCCCCCCCCCCCCC#CC(C)(O)[c-]1cccc1.[Fe+2].c1cc[cH-]c1. The molecular formula is C30H46FeO. The molecule has 0 saturated heterocycles. The molecule has 0 heterocycles. The van der Waals surface area contributed by atoms with Gasteiger partial charge in [-0.25, -0.2) is 24.3 Å². The van der Waals surface area contributed by atoms with Crippen LogP contribution in [-0.2, 0) is 22.7 Å². The maximum Gasteiger partial charge on any atom is 2.00 e. The van der Waals surface area contributed by atoms with Gasteiger partial charge in [0.1, 0.15) is 5.60 Å². The second-order valence-corrected chi connectivity index (χ2v) is 8.86. The summed E-state index contributed by atoms with van der Waals surface area (Å²) in [5.74, 6) is 6.17. The molecule has 1 N–H and O–H groups in total. The molecule has 2 aromatic rings. The summed E-state index contributed by atoms with van der Waals surface area (Å²) in [6.45, 7) is 4.06. The van der Waals surface area contributed by atoms with Crippen LogP contribution in [0.1, 0.15) is 116 Å². The van der Waals surface area contributed by atoms with E-state index in [1.54, 1.807) is 6.92 Å². The molecule has 0 aliphatic heterocycles. The Balaban J connectivity index is 0.00000140. The van der Waals surface area contributed by atoms with Crippen molar-refractivity contribution < 1.29 is 22.2 Å². The van der Waals surface area contributed by atoms with Crippen molar-refractivity contribution in [3.8, 4) is 11.8 Å². The molecule has 180 valence electrons. The number of rotatable bonds is 15. The smallest absolute Gasteiger partial charge is 0.385 e. The Morgan fingerprint density at radius 2 is 1.16 bits per heavy atom. The Labute approximate surface area is 209 Å². The maximum absolute atomic E-state index is 10.3. The topological polar surface area (TPSA) is 20.2 Å². The molecule has 0 spiro atoms. The molecule has 2 heteroatoms. The zero-order valence-electron chi connectivity index (χ0n) is 20.6. The first-order chi connectivity index (χ1) is 15.2. The molecule has 0 aliphatic rings. The van der Waals surface area contributed by atoms with Crippen LogP contribution in [0.15, 0.2) is 54.6 Å². The molecule has 32 heavy (non-hydrogen) atoms. The van der Waals surface area contributed by atoms with Crippen molar-refractivity contribution in [2.75, 3.05) is 0 Å². The fraction of sp³-hybridized carbons (Fsp3) is 0.600. The predicted octanol–water partition coefficient (Wildman–Crippen LogP) is 8.89. The molecule has 1 atom stereocenters. The van der Waals surface area contributed by atoms with Crippen LogP contribution in [0.25, 0.3) is 0 Å². The van der Waals surface area contributed by atoms with Gasteiger partial charge >= 0.3 is 17.1 Å². The first-order valence-corrected chi connectivity index (χ1v) is 12.8. The average Bonchev–Trinajstić information content (AvgIpc) is 3.50. The number of hydrogen-bond acceptors (Lipinski definition) is 1. The van der Waals surface area contributed by atoms with E-state index in [-0.39, 0.29) is 17.1 Å². The van der Waals surface area contributed by atoms with E-state index in [0.29, 0.717) is 0 Å². The molecule has 0 aliphatic carbocycles. The van der Waals surface area contributed by atoms with E-state index < -0.39 is 5.60 Å². The van der Waals surface area contributed by atoms with E-state index in [9.17, 15) is 5.11 Å². The summed E-state index contributed by atoms with van der Waals surface area (Å²) >= 11 is 0. The first-order valence-electron chi connectivity index (χ1n) is 12.8. The molecular weight excluding hydrogens is 432 g/mol. The van der Waals surface area contributed by atoms with Crippen LogP contribution in [-0.4, -0.2) is 5.11 Å². The molecule has 0 amide bonds. The summed E-state index contributed by atoms with van der Waals surface area (Å²) < 4.78 is 0. The van der Waals surface area contributed by atoms with Crippen molar-refractivity contribution in [1.82, 2.24) is 0 Å². The molecule has 1 nitrogen and oxygen atoms in total. The minimum absolute atomic E-state index is 0. The number of hydrogen-bond donors (Lipinski definition) is 1. The van der Waals surface area contributed by atoms with Crippen molar-refractivity contribution in [2.24, 2.45) is 0 Å². The summed E-state index contributed by atoms with van der Waals surface area (Å²) in [5, 5.41) is 10.3. The van der Waals surface area contributed by atoms with E-state index >= 15 is 0 Å². The number of aliphatic hydroxyl groups is 1. The first kappa shape index (κ1) is 30.7. The third kappa shape index (κ3) is 17.3. The van der Waals surface area contributed by atoms with Gasteiger partial charge < -0.3 is 5.11 Å². The Kier molecular flexibility index (Phi) is 20.7. The van der Waals surface area contributed by atoms with Crippen LogP contribution in [0.3, 0.4) is 0 Å². The van der Waals surface area contributed by atoms with Gasteiger partial charge in [-0.15, -0.1) is 11.5 Å². The molecule has 2 aromatic carbocycles. The van der Waals surface area contributed by atoms with Crippen LogP contribution in [0.2, 0.25) is 0 Å². The van der Waals surface area contributed by atoms with Crippen LogP contribution in [0, 0.1) is 11.8 Å². The zero-order valence-corrected chi connectivity index (χ0v) is 21.7. The summed E-state index contributed by atoms with van der Waals surface area (Å²) in [7, 11) is 0. The average molecular weight is 479 g/mol. The second kappa shape index (κ2) is 21.6. The minimum atomic E-state index is -1.00. The van der Waals surface area contributed by atoms with Gasteiger partial charge in [-0.05, 0) is 13.3 Å². The van der Waals surface area contributed by atoms with Crippen molar-refractivity contribution in [3.05, 3.63) is 60.2 Å². The van der Waals surface area contributed by atoms with Gasteiger partial charge in [0.15, 0.2) is 0 Å². The van der Waals surface area contributed by atoms with E-state index in [0.717, 1.165) is 18.4 Å². The van der Waals surface area contributed by atoms with Crippen LogP contribution >= 0.6 is 0 Å². The van der Waals surface area contributed by atoms with E-state index in [2.05, 4.69) is 18.8 Å². The minimum Gasteiger partial charge on any atom is -0.385 e. The molecule has 0 saturated carbocycles. The zero-order chi connectivity index (χ0) is 22.5. The van der Waals surface area contributed by atoms with Crippen LogP contribution in [0.5, 0.6) is 0 Å². The Bertz CT molecular complexity index is 626. The molecule has 0 bridgehead atoms. The molecule has 2 rings (SSSR count). The third-order valence-electron chi connectivity index (χ3n) is 5.77. The van der Waals surface area contributed by atoms with E-state index in [4.69, 9.17) is 0 Å². The fourth-order valence-electron chi connectivity index (χ4n) is 3.73. The Morgan fingerprint density at radius 3 is 1.56 bits per heavy atom. The molecule has 0 radical (unpaired) electrons. The van der Waals surface area contributed by atoms with Crippen LogP contribution < -0.4 is 0 Å². The van der Waals surface area contributed by atoms with Gasteiger partial charge in [-0.1, -0.05) is 96.3 Å². The van der Waals surface area contributed by atoms with Crippen LogP contribution in [0.4, 0.5) is 0 Å². The molecule has 0 aromatic heterocycles. The van der Waals surface area contributed by atoms with Gasteiger partial charge in [0.05, 0.1) is 0 Å². The van der Waals surface area contributed by atoms with Crippen molar-refractivity contribution in [1.29, 1.82) is 0 Å². The predicted molar refractivity (Wildman–Crippen MR) is 136 cm³/mol. The van der Waals surface area contributed by atoms with Gasteiger partial charge in [0.25, 0.3) is 0 Å². The Hall–Kier alpha value is -1.26. The van der Waals surface area contributed by atoms with E-state index in [1.165, 1.54) is 83.5 Å². The summed E-state index contributed by atoms with van der Waals surface area (Å²) in [5.41, 5.74) is -0.106. The monoisotopic (exact) mass is 478 g/mol. The summed E-state index contributed by atoms with van der Waals surface area (Å²) in [4.78, 5) is 0. The quantitative estimate of drug-likeness (QED) is 0.117. The molecule has 1 unspecified atom stereocenters. The van der Waals surface area contributed by atoms with Gasteiger partial charge in [-0.3, -0.25) is 0 Å². The largest absolute Gasteiger partial charge is 2.00 e. The fourth-order valence-corrected chi connectivity index (χ4v) is 3.73. The van der Waals surface area contributed by atoms with Crippen molar-refractivity contribution in [3.63, 3.8) is 0 Å².